The van der Waals surface area contributed by atoms with Crippen molar-refractivity contribution in [1.29, 1.82) is 0 Å². The zero-order valence-electron chi connectivity index (χ0n) is 14.3. The van der Waals surface area contributed by atoms with Crippen molar-refractivity contribution in [3.8, 4) is 5.75 Å². The summed E-state index contributed by atoms with van der Waals surface area (Å²) in [5.41, 5.74) is 4.17. The summed E-state index contributed by atoms with van der Waals surface area (Å²) in [7, 11) is 0. The second-order valence-electron chi connectivity index (χ2n) is 5.97. The lowest BCUT2D eigenvalue weighted by molar-refractivity contribution is -0.123. The number of halogens is 2. The van der Waals surface area contributed by atoms with Gasteiger partial charge in [-0.3, -0.25) is 4.79 Å². The Morgan fingerprint density at radius 2 is 2.11 bits per heavy atom. The van der Waals surface area contributed by atoms with Crippen LogP contribution in [0.15, 0.2) is 27.7 Å². The number of hydrogen-bond donors (Lipinski definition) is 2. The van der Waals surface area contributed by atoms with Gasteiger partial charge in [0.2, 0.25) is 5.76 Å². The number of nitrogens with zero attached hydrogens (tertiary/aromatic N) is 1. The molecule has 0 atom stereocenters. The van der Waals surface area contributed by atoms with E-state index in [9.17, 15) is 14.7 Å². The third kappa shape index (κ3) is 4.26. The van der Waals surface area contributed by atoms with Crippen LogP contribution in [0.25, 0.3) is 0 Å². The average molecular weight is 411 g/mol. The number of nitrogens with one attached hydrogen (secondary N) is 1. The predicted octanol–water partition coefficient (Wildman–Crippen LogP) is 3.83. The normalized spacial score (nSPS) is 14.7. The molecule has 2 aromatic rings. The van der Waals surface area contributed by atoms with E-state index in [1.807, 2.05) is 0 Å². The molecule has 0 aliphatic heterocycles. The number of aromatic carboxylic acids is 1. The van der Waals surface area contributed by atoms with Gasteiger partial charge in [-0.1, -0.05) is 23.2 Å². The Labute approximate surface area is 164 Å². The van der Waals surface area contributed by atoms with Crippen LogP contribution in [0.2, 0.25) is 10.0 Å². The summed E-state index contributed by atoms with van der Waals surface area (Å²) in [4.78, 5) is 23.3. The van der Waals surface area contributed by atoms with E-state index in [2.05, 4.69) is 10.5 Å². The maximum absolute atomic E-state index is 12.0. The number of carbonyl (C=O) groups excluding carboxylic acids is 1. The van der Waals surface area contributed by atoms with Gasteiger partial charge in [0.25, 0.3) is 5.91 Å². The minimum absolute atomic E-state index is 0.0957. The number of furan rings is 1. The number of hydrogen-bond acceptors (Lipinski definition) is 5. The Balaban J connectivity index is 1.68. The summed E-state index contributed by atoms with van der Waals surface area (Å²) in [5.74, 6) is -0.783. The van der Waals surface area contributed by atoms with E-state index in [0.717, 1.165) is 6.42 Å². The van der Waals surface area contributed by atoms with Gasteiger partial charge in [-0.15, -0.1) is 0 Å². The van der Waals surface area contributed by atoms with Gasteiger partial charge in [0.05, 0.1) is 10.7 Å². The first kappa shape index (κ1) is 19.3. The summed E-state index contributed by atoms with van der Waals surface area (Å²) in [6.07, 6.45) is 2.00. The smallest absolute Gasteiger partial charge is 0.372 e. The molecule has 1 aromatic heterocycles. The molecule has 0 saturated heterocycles. The largest absolute Gasteiger partial charge is 0.482 e. The highest BCUT2D eigenvalue weighted by Crippen LogP contribution is 2.30. The highest BCUT2D eigenvalue weighted by atomic mass is 35.5. The quantitative estimate of drug-likeness (QED) is 0.729. The minimum Gasteiger partial charge on any atom is -0.482 e. The SMILES string of the molecule is Cc1c(C(=O)O)oc2c1/C(=N/NC(=O)COc1ccc(Cl)cc1Cl)CCC2. The van der Waals surface area contributed by atoms with Gasteiger partial charge in [-0.05, 0) is 38.0 Å². The number of hydrazone groups is 1. The van der Waals surface area contributed by atoms with Gasteiger partial charge in [0, 0.05) is 22.6 Å². The molecule has 0 saturated carbocycles. The zero-order chi connectivity index (χ0) is 19.6. The second kappa shape index (κ2) is 8.02. The van der Waals surface area contributed by atoms with Gasteiger partial charge in [-0.25, -0.2) is 10.2 Å². The Bertz CT molecular complexity index is 936. The van der Waals surface area contributed by atoms with Crippen molar-refractivity contribution in [2.45, 2.75) is 26.2 Å². The van der Waals surface area contributed by atoms with E-state index in [-0.39, 0.29) is 12.4 Å². The Morgan fingerprint density at radius 3 is 2.81 bits per heavy atom. The van der Waals surface area contributed by atoms with Crippen LogP contribution in [-0.4, -0.2) is 29.3 Å². The highest BCUT2D eigenvalue weighted by Gasteiger charge is 2.27. The first-order chi connectivity index (χ1) is 12.9. The van der Waals surface area contributed by atoms with Crippen molar-refractivity contribution in [2.75, 3.05) is 6.61 Å². The number of rotatable bonds is 5. The molecule has 142 valence electrons. The molecule has 9 heteroatoms. The van der Waals surface area contributed by atoms with E-state index in [1.165, 1.54) is 6.07 Å². The molecule has 2 N–H and O–H groups in total. The van der Waals surface area contributed by atoms with Crippen molar-refractivity contribution in [3.63, 3.8) is 0 Å². The molecular formula is C18H16Cl2N2O5. The standard InChI is InChI=1S/C18H16Cl2N2O5/c1-9-16-12(3-2-4-14(16)27-17(9)18(24)25)21-22-15(23)8-26-13-6-5-10(19)7-11(13)20/h5-7H,2-4,8H2,1H3,(H,22,23)(H,24,25)/b21-12+. The minimum atomic E-state index is -1.13. The molecule has 1 heterocycles. The van der Waals surface area contributed by atoms with E-state index in [4.69, 9.17) is 32.4 Å². The third-order valence-corrected chi connectivity index (χ3v) is 4.62. The van der Waals surface area contributed by atoms with Crippen LogP contribution in [0.1, 0.15) is 40.3 Å². The van der Waals surface area contributed by atoms with Gasteiger partial charge >= 0.3 is 5.97 Å². The van der Waals surface area contributed by atoms with E-state index in [1.54, 1.807) is 19.1 Å². The van der Waals surface area contributed by atoms with Crippen molar-refractivity contribution < 1.29 is 23.8 Å². The van der Waals surface area contributed by atoms with Crippen LogP contribution in [0.5, 0.6) is 5.75 Å². The molecule has 1 aromatic carbocycles. The summed E-state index contributed by atoms with van der Waals surface area (Å²) in [6.45, 7) is 1.38. The summed E-state index contributed by atoms with van der Waals surface area (Å²) in [6, 6.07) is 4.69. The summed E-state index contributed by atoms with van der Waals surface area (Å²) < 4.78 is 10.8. The average Bonchev–Trinajstić information content (AvgIpc) is 2.97. The molecule has 3 rings (SSSR count). The fourth-order valence-electron chi connectivity index (χ4n) is 2.88. The number of amides is 1. The second-order valence-corrected chi connectivity index (χ2v) is 6.81. The topological polar surface area (TPSA) is 101 Å². The molecule has 0 bridgehead atoms. The van der Waals surface area contributed by atoms with Crippen LogP contribution >= 0.6 is 23.2 Å². The lowest BCUT2D eigenvalue weighted by Gasteiger charge is -2.13. The number of carbonyl (C=O) groups is 2. The lowest BCUT2D eigenvalue weighted by Crippen LogP contribution is -2.27. The molecule has 1 amide bonds. The number of aryl methyl sites for hydroxylation is 1. The molecule has 7 nitrogen and oxygen atoms in total. The fourth-order valence-corrected chi connectivity index (χ4v) is 3.34. The number of fused-ring (bicyclic) bond motifs is 1. The summed E-state index contributed by atoms with van der Waals surface area (Å²) in [5, 5.41) is 14.1. The molecule has 0 fully saturated rings. The summed E-state index contributed by atoms with van der Waals surface area (Å²) >= 11 is 11.8. The molecule has 27 heavy (non-hydrogen) atoms. The molecular weight excluding hydrogens is 395 g/mol. The van der Waals surface area contributed by atoms with Crippen molar-refractivity contribution >= 4 is 40.8 Å². The highest BCUT2D eigenvalue weighted by molar-refractivity contribution is 6.35. The van der Waals surface area contributed by atoms with Crippen LogP contribution < -0.4 is 10.2 Å². The number of ether oxygens (including phenoxy) is 1. The van der Waals surface area contributed by atoms with E-state index in [0.29, 0.717) is 51.2 Å². The fraction of sp³-hybridized carbons (Fsp3) is 0.278. The Kier molecular flexibility index (Phi) is 5.72. The number of carboxylic acids is 1. The number of benzene rings is 1. The predicted molar refractivity (Wildman–Crippen MR) is 100.0 cm³/mol. The van der Waals surface area contributed by atoms with Crippen LogP contribution in [0, 0.1) is 6.92 Å². The first-order valence-corrected chi connectivity index (χ1v) is 8.91. The molecule has 0 unspecified atom stereocenters. The lowest BCUT2D eigenvalue weighted by atomic mass is 9.93. The molecule has 0 spiro atoms. The first-order valence-electron chi connectivity index (χ1n) is 8.16. The maximum atomic E-state index is 12.0. The van der Waals surface area contributed by atoms with Crippen LogP contribution in [-0.2, 0) is 11.2 Å². The van der Waals surface area contributed by atoms with Crippen molar-refractivity contribution in [1.82, 2.24) is 5.43 Å². The Hall–Kier alpha value is -2.51. The van der Waals surface area contributed by atoms with Gasteiger partial charge in [0.1, 0.15) is 11.5 Å². The van der Waals surface area contributed by atoms with Gasteiger partial charge in [0.15, 0.2) is 6.61 Å². The van der Waals surface area contributed by atoms with Crippen molar-refractivity contribution in [2.24, 2.45) is 5.10 Å². The van der Waals surface area contributed by atoms with Crippen molar-refractivity contribution in [3.05, 3.63) is 50.9 Å². The molecule has 1 aliphatic carbocycles. The molecule has 1 aliphatic rings. The number of carboxylic acid groups (broad SMARTS) is 1. The van der Waals surface area contributed by atoms with E-state index < -0.39 is 11.9 Å². The van der Waals surface area contributed by atoms with Gasteiger partial charge < -0.3 is 14.3 Å². The van der Waals surface area contributed by atoms with Crippen LogP contribution in [0.4, 0.5) is 0 Å². The monoisotopic (exact) mass is 410 g/mol. The Morgan fingerprint density at radius 1 is 1.33 bits per heavy atom. The van der Waals surface area contributed by atoms with Gasteiger partial charge in [-0.2, -0.15) is 5.10 Å². The van der Waals surface area contributed by atoms with E-state index >= 15 is 0 Å². The van der Waals surface area contributed by atoms with Crippen LogP contribution in [0.3, 0.4) is 0 Å². The zero-order valence-corrected chi connectivity index (χ0v) is 15.9. The molecule has 0 radical (unpaired) electrons. The third-order valence-electron chi connectivity index (χ3n) is 4.09. The maximum Gasteiger partial charge on any atom is 0.372 e.